The van der Waals surface area contributed by atoms with E-state index in [-0.39, 0.29) is 11.3 Å². The molecule has 0 spiro atoms. The molecule has 0 aliphatic carbocycles. The predicted octanol–water partition coefficient (Wildman–Crippen LogP) is 5.73. The van der Waals surface area contributed by atoms with Crippen molar-refractivity contribution in [1.82, 2.24) is 9.97 Å². The summed E-state index contributed by atoms with van der Waals surface area (Å²) in [7, 11) is 0. The topological polar surface area (TPSA) is 66.9 Å². The fourth-order valence-corrected chi connectivity index (χ4v) is 2.88. The van der Waals surface area contributed by atoms with Gasteiger partial charge in [0.05, 0.1) is 5.56 Å². The smallest absolute Gasteiger partial charge is 0.258 e. The lowest BCUT2D eigenvalue weighted by molar-refractivity contribution is 0.102. The predicted molar refractivity (Wildman–Crippen MR) is 115 cm³/mol. The SMILES string of the molecule is Cc1cc(Cl)ccc1Nc1ncc(C(=O)Nc2ccc(C(C)(C)C)cc2)cn1. The Morgan fingerprint density at radius 2 is 1.64 bits per heavy atom. The average molecular weight is 395 g/mol. The fraction of sp³-hybridized carbons (Fsp3) is 0.227. The zero-order valence-corrected chi connectivity index (χ0v) is 17.1. The second kappa shape index (κ2) is 7.98. The van der Waals surface area contributed by atoms with E-state index in [2.05, 4.69) is 41.4 Å². The Kier molecular flexibility index (Phi) is 5.66. The van der Waals surface area contributed by atoms with Crippen molar-refractivity contribution in [3.05, 3.63) is 76.6 Å². The van der Waals surface area contributed by atoms with E-state index in [0.29, 0.717) is 16.5 Å². The van der Waals surface area contributed by atoms with Crippen molar-refractivity contribution >= 4 is 34.8 Å². The first-order chi connectivity index (χ1) is 13.2. The molecule has 0 saturated carbocycles. The first-order valence-corrected chi connectivity index (χ1v) is 9.37. The van der Waals surface area contributed by atoms with Crippen LogP contribution in [0.2, 0.25) is 5.02 Å². The summed E-state index contributed by atoms with van der Waals surface area (Å²) in [6.07, 6.45) is 3.00. The standard InChI is InChI=1S/C22H23ClN4O/c1-14-11-17(23)7-10-19(14)27-21-24-12-15(13-25-21)20(28)26-18-8-5-16(6-9-18)22(2,3)4/h5-13H,1-4H3,(H,26,28)(H,24,25,27). The molecule has 1 amide bonds. The van der Waals surface area contributed by atoms with Crippen LogP contribution in [0.15, 0.2) is 54.9 Å². The Morgan fingerprint density at radius 1 is 1.00 bits per heavy atom. The molecule has 0 unspecified atom stereocenters. The number of anilines is 3. The normalized spacial score (nSPS) is 11.2. The second-order valence-electron chi connectivity index (χ2n) is 7.66. The number of amides is 1. The van der Waals surface area contributed by atoms with Crippen LogP contribution in [-0.4, -0.2) is 15.9 Å². The van der Waals surface area contributed by atoms with Gasteiger partial charge in [-0.2, -0.15) is 0 Å². The maximum absolute atomic E-state index is 12.4. The lowest BCUT2D eigenvalue weighted by atomic mass is 9.87. The van der Waals surface area contributed by atoms with Gasteiger partial charge in [0.1, 0.15) is 0 Å². The molecule has 0 atom stereocenters. The minimum Gasteiger partial charge on any atom is -0.324 e. The van der Waals surface area contributed by atoms with E-state index < -0.39 is 0 Å². The number of nitrogens with one attached hydrogen (secondary N) is 2. The van der Waals surface area contributed by atoms with Gasteiger partial charge in [-0.15, -0.1) is 0 Å². The van der Waals surface area contributed by atoms with Crippen LogP contribution < -0.4 is 10.6 Å². The molecule has 0 aliphatic heterocycles. The van der Waals surface area contributed by atoms with Gasteiger partial charge in [-0.1, -0.05) is 44.5 Å². The molecule has 0 fully saturated rings. The van der Waals surface area contributed by atoms with Gasteiger partial charge >= 0.3 is 0 Å². The number of aryl methyl sites for hydroxylation is 1. The number of nitrogens with zero attached hydrogens (tertiary/aromatic N) is 2. The van der Waals surface area contributed by atoms with E-state index >= 15 is 0 Å². The molecule has 3 aromatic rings. The lowest BCUT2D eigenvalue weighted by Gasteiger charge is -2.19. The zero-order valence-electron chi connectivity index (χ0n) is 16.4. The van der Waals surface area contributed by atoms with Crippen LogP contribution in [0.1, 0.15) is 42.3 Å². The Hall–Kier alpha value is -2.92. The number of halogens is 1. The molecule has 0 radical (unpaired) electrons. The van der Waals surface area contributed by atoms with Gasteiger partial charge in [0.15, 0.2) is 0 Å². The van der Waals surface area contributed by atoms with Gasteiger partial charge in [-0.25, -0.2) is 9.97 Å². The van der Waals surface area contributed by atoms with Crippen LogP contribution >= 0.6 is 11.6 Å². The number of carbonyl (C=O) groups is 1. The molecule has 2 N–H and O–H groups in total. The van der Waals surface area contributed by atoms with Crippen LogP contribution in [0.4, 0.5) is 17.3 Å². The lowest BCUT2D eigenvalue weighted by Crippen LogP contribution is -2.14. The molecule has 1 heterocycles. The van der Waals surface area contributed by atoms with Crippen molar-refractivity contribution in [1.29, 1.82) is 0 Å². The van der Waals surface area contributed by atoms with E-state index in [1.165, 1.54) is 18.0 Å². The summed E-state index contributed by atoms with van der Waals surface area (Å²) in [5.74, 6) is 0.161. The molecule has 5 nitrogen and oxygen atoms in total. The molecule has 6 heteroatoms. The number of rotatable bonds is 4. The summed E-state index contributed by atoms with van der Waals surface area (Å²) in [5, 5.41) is 6.66. The molecule has 144 valence electrons. The molecular formula is C22H23ClN4O. The third kappa shape index (κ3) is 4.87. The number of hydrogen-bond acceptors (Lipinski definition) is 4. The van der Waals surface area contributed by atoms with Gasteiger partial charge < -0.3 is 10.6 Å². The highest BCUT2D eigenvalue weighted by molar-refractivity contribution is 6.30. The Labute approximate surface area is 170 Å². The fourth-order valence-electron chi connectivity index (χ4n) is 2.65. The third-order valence-electron chi connectivity index (χ3n) is 4.36. The quantitative estimate of drug-likeness (QED) is 0.592. The summed E-state index contributed by atoms with van der Waals surface area (Å²) in [5.41, 5.74) is 4.25. The first kappa shape index (κ1) is 19.8. The number of benzene rings is 2. The average Bonchev–Trinajstić information content (AvgIpc) is 2.64. The molecule has 0 aliphatic rings. The van der Waals surface area contributed by atoms with Gasteiger partial charge in [0.25, 0.3) is 5.91 Å². The molecule has 0 saturated heterocycles. The Balaban J connectivity index is 1.66. The van der Waals surface area contributed by atoms with E-state index in [1.54, 1.807) is 6.07 Å². The van der Waals surface area contributed by atoms with Crippen LogP contribution in [0, 0.1) is 6.92 Å². The third-order valence-corrected chi connectivity index (χ3v) is 4.59. The molecule has 1 aromatic heterocycles. The largest absolute Gasteiger partial charge is 0.324 e. The highest BCUT2D eigenvalue weighted by Crippen LogP contribution is 2.24. The van der Waals surface area contributed by atoms with Crippen molar-refractivity contribution in [3.8, 4) is 0 Å². The number of carbonyl (C=O) groups excluding carboxylic acids is 1. The Bertz CT molecular complexity index is 977. The van der Waals surface area contributed by atoms with Crippen molar-refractivity contribution in [3.63, 3.8) is 0 Å². The summed E-state index contributed by atoms with van der Waals surface area (Å²) in [6.45, 7) is 8.40. The second-order valence-corrected chi connectivity index (χ2v) is 8.10. The van der Waals surface area contributed by atoms with Crippen molar-refractivity contribution in [2.75, 3.05) is 10.6 Å². The molecule has 2 aromatic carbocycles. The zero-order chi connectivity index (χ0) is 20.3. The minimum atomic E-state index is -0.252. The maximum atomic E-state index is 12.4. The molecule has 3 rings (SSSR count). The summed E-state index contributed by atoms with van der Waals surface area (Å²) < 4.78 is 0. The highest BCUT2D eigenvalue weighted by atomic mass is 35.5. The number of aromatic nitrogens is 2. The Morgan fingerprint density at radius 3 is 2.21 bits per heavy atom. The van der Waals surface area contributed by atoms with E-state index in [1.807, 2.05) is 43.3 Å². The minimum absolute atomic E-state index is 0.0711. The van der Waals surface area contributed by atoms with E-state index in [9.17, 15) is 4.79 Å². The van der Waals surface area contributed by atoms with Crippen LogP contribution in [0.25, 0.3) is 0 Å². The molecular weight excluding hydrogens is 372 g/mol. The van der Waals surface area contributed by atoms with Gasteiger partial charge in [0, 0.05) is 28.8 Å². The van der Waals surface area contributed by atoms with Crippen molar-refractivity contribution < 1.29 is 4.79 Å². The summed E-state index contributed by atoms with van der Waals surface area (Å²) >= 11 is 5.97. The van der Waals surface area contributed by atoms with E-state index in [4.69, 9.17) is 11.6 Å². The summed E-state index contributed by atoms with van der Waals surface area (Å²) in [4.78, 5) is 20.9. The highest BCUT2D eigenvalue weighted by Gasteiger charge is 2.14. The van der Waals surface area contributed by atoms with Crippen molar-refractivity contribution in [2.24, 2.45) is 0 Å². The van der Waals surface area contributed by atoms with Gasteiger partial charge in [-0.3, -0.25) is 4.79 Å². The number of hydrogen-bond donors (Lipinski definition) is 2. The van der Waals surface area contributed by atoms with Crippen LogP contribution in [0.5, 0.6) is 0 Å². The van der Waals surface area contributed by atoms with Crippen molar-refractivity contribution in [2.45, 2.75) is 33.1 Å². The maximum Gasteiger partial charge on any atom is 0.258 e. The van der Waals surface area contributed by atoms with Crippen LogP contribution in [0.3, 0.4) is 0 Å². The monoisotopic (exact) mass is 394 g/mol. The first-order valence-electron chi connectivity index (χ1n) is 8.99. The molecule has 28 heavy (non-hydrogen) atoms. The summed E-state index contributed by atoms with van der Waals surface area (Å²) in [6, 6.07) is 13.4. The van der Waals surface area contributed by atoms with Crippen LogP contribution in [-0.2, 0) is 5.41 Å². The van der Waals surface area contributed by atoms with Gasteiger partial charge in [0.2, 0.25) is 5.95 Å². The van der Waals surface area contributed by atoms with E-state index in [0.717, 1.165) is 16.9 Å². The molecule has 0 bridgehead atoms. The van der Waals surface area contributed by atoms with Gasteiger partial charge in [-0.05, 0) is 53.8 Å².